The summed E-state index contributed by atoms with van der Waals surface area (Å²) in [5, 5.41) is 10.5. The van der Waals surface area contributed by atoms with Gasteiger partial charge in [0.1, 0.15) is 24.0 Å². The lowest BCUT2D eigenvalue weighted by Gasteiger charge is -2.15. The summed E-state index contributed by atoms with van der Waals surface area (Å²) in [5.41, 5.74) is 12.7. The van der Waals surface area contributed by atoms with Crippen molar-refractivity contribution >= 4 is 16.7 Å². The van der Waals surface area contributed by atoms with Crippen LogP contribution in [0, 0.1) is 24.1 Å². The molecule has 0 radical (unpaired) electrons. The van der Waals surface area contributed by atoms with Gasteiger partial charge in [-0.1, -0.05) is 6.07 Å². The predicted molar refractivity (Wildman–Crippen MR) is 125 cm³/mol. The molecule has 3 heterocycles. The number of nitrogen functional groups attached to an aromatic ring is 1. The molecule has 5 aromatic rings. The molecule has 0 unspecified atom stereocenters. The SMILES string of the molecule is Cc1ncnc2ccc(-c3cc(-c4ccncc4C#N)c(N)nc3-c3ccc(F)cc3)cc12. The van der Waals surface area contributed by atoms with Crippen LogP contribution in [0.3, 0.4) is 0 Å². The predicted octanol–water partition coefficient (Wildman–Crippen LogP) is 5.32. The standard InChI is InChI=1S/C26H17FN6/c1-15-21-10-17(4-7-24(21)32-14-31-15)22-11-23(20-8-9-30-13-18(20)12-28)26(29)33-25(22)16-2-5-19(27)6-3-16/h2-11,13-14H,1H3,(H2,29,33). The Bertz CT molecular complexity index is 1550. The molecule has 3 aromatic heterocycles. The average Bonchev–Trinajstić information content (AvgIpc) is 2.84. The zero-order chi connectivity index (χ0) is 22.9. The number of halogens is 1. The van der Waals surface area contributed by atoms with E-state index in [-0.39, 0.29) is 11.6 Å². The first-order chi connectivity index (χ1) is 16.0. The molecule has 2 N–H and O–H groups in total. The van der Waals surface area contributed by atoms with Crippen molar-refractivity contribution in [2.45, 2.75) is 6.92 Å². The number of aromatic nitrogens is 4. The summed E-state index contributed by atoms with van der Waals surface area (Å²) in [5.74, 6) is -0.0695. The Balaban J connectivity index is 1.81. The van der Waals surface area contributed by atoms with Crippen LogP contribution in [0.15, 0.2) is 73.3 Å². The molecule has 0 aliphatic heterocycles. The number of benzene rings is 2. The van der Waals surface area contributed by atoms with Gasteiger partial charge in [-0.25, -0.2) is 19.3 Å². The minimum atomic E-state index is -0.334. The largest absolute Gasteiger partial charge is 0.383 e. The topological polar surface area (TPSA) is 101 Å². The zero-order valence-electron chi connectivity index (χ0n) is 17.6. The number of fused-ring (bicyclic) bond motifs is 1. The summed E-state index contributed by atoms with van der Waals surface area (Å²) in [6.07, 6.45) is 4.65. The lowest BCUT2D eigenvalue weighted by Crippen LogP contribution is -2.01. The first-order valence-electron chi connectivity index (χ1n) is 10.2. The minimum Gasteiger partial charge on any atom is -0.383 e. The first-order valence-corrected chi connectivity index (χ1v) is 10.2. The number of pyridine rings is 2. The van der Waals surface area contributed by atoms with Crippen molar-refractivity contribution in [1.29, 1.82) is 5.26 Å². The van der Waals surface area contributed by atoms with Gasteiger partial charge in [0.25, 0.3) is 0 Å². The van der Waals surface area contributed by atoms with Gasteiger partial charge in [-0.3, -0.25) is 4.98 Å². The fourth-order valence-corrected chi connectivity index (χ4v) is 3.86. The van der Waals surface area contributed by atoms with E-state index in [4.69, 9.17) is 10.7 Å². The number of aryl methyl sites for hydroxylation is 1. The van der Waals surface area contributed by atoms with Crippen molar-refractivity contribution in [2.24, 2.45) is 0 Å². The number of rotatable bonds is 3. The molecule has 5 rings (SSSR count). The highest BCUT2D eigenvalue weighted by atomic mass is 19.1. The molecule has 6 nitrogen and oxygen atoms in total. The molecule has 0 bridgehead atoms. The maximum Gasteiger partial charge on any atom is 0.132 e. The summed E-state index contributed by atoms with van der Waals surface area (Å²) >= 11 is 0. The van der Waals surface area contributed by atoms with E-state index in [1.54, 1.807) is 24.4 Å². The Hall–Kier alpha value is -4.70. The summed E-state index contributed by atoms with van der Waals surface area (Å²) in [6, 6.07) is 17.8. The highest BCUT2D eigenvalue weighted by Crippen LogP contribution is 2.38. The molecule has 0 atom stereocenters. The Morgan fingerprint density at radius 3 is 2.48 bits per heavy atom. The maximum atomic E-state index is 13.6. The minimum absolute atomic E-state index is 0.265. The molecular formula is C26H17FN6. The van der Waals surface area contributed by atoms with Crippen LogP contribution in [0.25, 0.3) is 44.4 Å². The van der Waals surface area contributed by atoms with E-state index in [2.05, 4.69) is 21.0 Å². The summed E-state index contributed by atoms with van der Waals surface area (Å²) in [6.45, 7) is 1.93. The van der Waals surface area contributed by atoms with Crippen LogP contribution in [-0.2, 0) is 0 Å². The van der Waals surface area contributed by atoms with E-state index in [0.29, 0.717) is 22.4 Å². The van der Waals surface area contributed by atoms with Crippen molar-refractivity contribution in [1.82, 2.24) is 19.9 Å². The number of nitrogens with zero attached hydrogens (tertiary/aromatic N) is 5. The molecule has 158 valence electrons. The maximum absolute atomic E-state index is 13.6. The highest BCUT2D eigenvalue weighted by molar-refractivity contribution is 5.93. The van der Waals surface area contributed by atoms with Gasteiger partial charge in [0.05, 0.1) is 16.8 Å². The van der Waals surface area contributed by atoms with E-state index < -0.39 is 0 Å². The van der Waals surface area contributed by atoms with Crippen LogP contribution >= 0.6 is 0 Å². The van der Waals surface area contributed by atoms with E-state index in [0.717, 1.165) is 33.3 Å². The summed E-state index contributed by atoms with van der Waals surface area (Å²) in [7, 11) is 0. The third-order valence-corrected chi connectivity index (χ3v) is 5.55. The highest BCUT2D eigenvalue weighted by Gasteiger charge is 2.17. The van der Waals surface area contributed by atoms with E-state index in [9.17, 15) is 9.65 Å². The quantitative estimate of drug-likeness (QED) is 0.414. The fourth-order valence-electron chi connectivity index (χ4n) is 3.86. The Kier molecular flexibility index (Phi) is 4.96. The molecule has 0 fully saturated rings. The number of hydrogen-bond acceptors (Lipinski definition) is 6. The van der Waals surface area contributed by atoms with Gasteiger partial charge < -0.3 is 5.73 Å². The lowest BCUT2D eigenvalue weighted by atomic mass is 9.93. The second-order valence-electron chi connectivity index (χ2n) is 7.55. The molecule has 0 spiro atoms. The fraction of sp³-hybridized carbons (Fsp3) is 0.0385. The van der Waals surface area contributed by atoms with Gasteiger partial charge in [-0.2, -0.15) is 5.26 Å². The number of hydrogen-bond donors (Lipinski definition) is 1. The van der Waals surface area contributed by atoms with Crippen LogP contribution in [0.4, 0.5) is 10.2 Å². The van der Waals surface area contributed by atoms with Gasteiger partial charge in [-0.05, 0) is 61.0 Å². The third kappa shape index (κ3) is 3.64. The van der Waals surface area contributed by atoms with Crippen LogP contribution in [0.2, 0.25) is 0 Å². The zero-order valence-corrected chi connectivity index (χ0v) is 17.6. The molecule has 0 aliphatic carbocycles. The van der Waals surface area contributed by atoms with Gasteiger partial charge in [0.15, 0.2) is 0 Å². The molecule has 33 heavy (non-hydrogen) atoms. The van der Waals surface area contributed by atoms with Gasteiger partial charge in [0.2, 0.25) is 0 Å². The Morgan fingerprint density at radius 2 is 1.70 bits per heavy atom. The molecule has 0 saturated heterocycles. The molecule has 0 saturated carbocycles. The van der Waals surface area contributed by atoms with E-state index in [1.165, 1.54) is 24.7 Å². The average molecular weight is 432 g/mol. The monoisotopic (exact) mass is 432 g/mol. The van der Waals surface area contributed by atoms with Crippen LogP contribution in [-0.4, -0.2) is 19.9 Å². The van der Waals surface area contributed by atoms with E-state index in [1.807, 2.05) is 31.2 Å². The molecule has 2 aromatic carbocycles. The van der Waals surface area contributed by atoms with Gasteiger partial charge in [0, 0.05) is 45.7 Å². The molecule has 0 aliphatic rings. The Labute approximate surface area is 189 Å². The van der Waals surface area contributed by atoms with Crippen molar-refractivity contribution in [3.05, 3.63) is 90.4 Å². The molecular weight excluding hydrogens is 415 g/mol. The second-order valence-corrected chi connectivity index (χ2v) is 7.55. The lowest BCUT2D eigenvalue weighted by molar-refractivity contribution is 0.628. The van der Waals surface area contributed by atoms with Crippen molar-refractivity contribution in [3.8, 4) is 39.6 Å². The van der Waals surface area contributed by atoms with E-state index >= 15 is 0 Å². The molecule has 7 heteroatoms. The van der Waals surface area contributed by atoms with Crippen molar-refractivity contribution in [3.63, 3.8) is 0 Å². The normalized spacial score (nSPS) is 10.8. The van der Waals surface area contributed by atoms with Gasteiger partial charge in [-0.15, -0.1) is 0 Å². The second kappa shape index (κ2) is 8.09. The number of nitriles is 1. The number of anilines is 1. The smallest absolute Gasteiger partial charge is 0.132 e. The van der Waals surface area contributed by atoms with Crippen molar-refractivity contribution < 1.29 is 4.39 Å². The summed E-state index contributed by atoms with van der Waals surface area (Å²) < 4.78 is 13.6. The Morgan fingerprint density at radius 1 is 0.909 bits per heavy atom. The molecule has 0 amide bonds. The number of nitrogens with two attached hydrogens (primary N) is 1. The first kappa shape index (κ1) is 20.2. The van der Waals surface area contributed by atoms with Crippen LogP contribution < -0.4 is 5.73 Å². The van der Waals surface area contributed by atoms with Crippen molar-refractivity contribution in [2.75, 3.05) is 5.73 Å². The van der Waals surface area contributed by atoms with Gasteiger partial charge >= 0.3 is 0 Å². The van der Waals surface area contributed by atoms with Crippen LogP contribution in [0.1, 0.15) is 11.3 Å². The van der Waals surface area contributed by atoms with Crippen LogP contribution in [0.5, 0.6) is 0 Å². The summed E-state index contributed by atoms with van der Waals surface area (Å²) in [4.78, 5) is 17.4. The third-order valence-electron chi connectivity index (χ3n) is 5.55.